The second kappa shape index (κ2) is 7.67. The predicted molar refractivity (Wildman–Crippen MR) is 71.1 cm³/mol. The molecule has 2 atom stereocenters. The summed E-state index contributed by atoms with van der Waals surface area (Å²) in [5, 5.41) is 3.05. The Morgan fingerprint density at radius 2 is 2.12 bits per heavy atom. The fraction of sp³-hybridized carbons (Fsp3) is 0.923. The first kappa shape index (κ1) is 16.4. The molecule has 0 aliphatic rings. The summed E-state index contributed by atoms with van der Waals surface area (Å²) < 4.78 is 4.82. The lowest BCUT2D eigenvalue weighted by atomic mass is 9.96. The Morgan fingerprint density at radius 1 is 1.53 bits per heavy atom. The zero-order valence-electron chi connectivity index (χ0n) is 12.2. The van der Waals surface area contributed by atoms with Gasteiger partial charge in [-0.25, -0.2) is 0 Å². The van der Waals surface area contributed by atoms with E-state index in [4.69, 9.17) is 4.74 Å². The van der Waals surface area contributed by atoms with E-state index in [0.29, 0.717) is 6.04 Å². The van der Waals surface area contributed by atoms with Crippen molar-refractivity contribution in [2.45, 2.75) is 51.6 Å². The van der Waals surface area contributed by atoms with Crippen molar-refractivity contribution in [1.82, 2.24) is 10.2 Å². The standard InChI is InChI=1S/C13H28N2O2/c1-7-11(2)15(5)10-8-9-13(3,14-4)12(16)17-6/h11,14H,7-10H2,1-6H3. The molecule has 0 aliphatic carbocycles. The highest BCUT2D eigenvalue weighted by Crippen LogP contribution is 2.14. The predicted octanol–water partition coefficient (Wildman–Crippen LogP) is 1.65. The van der Waals surface area contributed by atoms with Crippen molar-refractivity contribution in [3.05, 3.63) is 0 Å². The van der Waals surface area contributed by atoms with E-state index in [1.807, 2.05) is 6.92 Å². The summed E-state index contributed by atoms with van der Waals surface area (Å²) in [4.78, 5) is 14.0. The molecular formula is C13H28N2O2. The lowest BCUT2D eigenvalue weighted by molar-refractivity contribution is -0.148. The smallest absolute Gasteiger partial charge is 0.325 e. The van der Waals surface area contributed by atoms with E-state index in [0.717, 1.165) is 25.8 Å². The van der Waals surface area contributed by atoms with Gasteiger partial charge in [-0.05, 0) is 53.8 Å². The number of esters is 1. The maximum Gasteiger partial charge on any atom is 0.325 e. The largest absolute Gasteiger partial charge is 0.468 e. The van der Waals surface area contributed by atoms with Gasteiger partial charge in [-0.2, -0.15) is 0 Å². The van der Waals surface area contributed by atoms with Crippen LogP contribution in [0.1, 0.15) is 40.0 Å². The Morgan fingerprint density at radius 3 is 2.53 bits per heavy atom. The Kier molecular flexibility index (Phi) is 7.39. The van der Waals surface area contributed by atoms with Gasteiger partial charge < -0.3 is 15.0 Å². The van der Waals surface area contributed by atoms with E-state index in [9.17, 15) is 4.79 Å². The van der Waals surface area contributed by atoms with Crippen molar-refractivity contribution in [2.24, 2.45) is 0 Å². The van der Waals surface area contributed by atoms with Gasteiger partial charge in [0.25, 0.3) is 0 Å². The molecule has 2 unspecified atom stereocenters. The highest BCUT2D eigenvalue weighted by molar-refractivity contribution is 5.80. The molecule has 0 bridgehead atoms. The molecule has 0 aliphatic heterocycles. The molecule has 0 radical (unpaired) electrons. The maximum atomic E-state index is 11.6. The van der Waals surface area contributed by atoms with E-state index in [2.05, 4.69) is 31.1 Å². The summed E-state index contributed by atoms with van der Waals surface area (Å²) >= 11 is 0. The second-order valence-corrected chi connectivity index (χ2v) is 4.92. The summed E-state index contributed by atoms with van der Waals surface area (Å²) in [6.45, 7) is 7.30. The first-order chi connectivity index (χ1) is 7.91. The Balaban J connectivity index is 4.12. The van der Waals surface area contributed by atoms with E-state index in [1.165, 1.54) is 7.11 Å². The third-order valence-corrected chi connectivity index (χ3v) is 3.72. The van der Waals surface area contributed by atoms with Crippen LogP contribution in [-0.4, -0.2) is 50.2 Å². The lowest BCUT2D eigenvalue weighted by Gasteiger charge is -2.28. The fourth-order valence-corrected chi connectivity index (χ4v) is 1.77. The molecule has 0 fully saturated rings. The van der Waals surface area contributed by atoms with Crippen molar-refractivity contribution >= 4 is 5.97 Å². The molecule has 1 N–H and O–H groups in total. The minimum absolute atomic E-state index is 0.189. The molecule has 0 amide bonds. The van der Waals surface area contributed by atoms with E-state index in [-0.39, 0.29) is 5.97 Å². The average molecular weight is 244 g/mol. The van der Waals surface area contributed by atoms with Gasteiger partial charge in [-0.1, -0.05) is 6.92 Å². The molecular weight excluding hydrogens is 216 g/mol. The van der Waals surface area contributed by atoms with Gasteiger partial charge in [0.1, 0.15) is 5.54 Å². The number of ether oxygens (including phenoxy) is 1. The summed E-state index contributed by atoms with van der Waals surface area (Å²) in [6, 6.07) is 0.592. The van der Waals surface area contributed by atoms with Crippen LogP contribution in [0.4, 0.5) is 0 Å². The number of rotatable bonds is 8. The fourth-order valence-electron chi connectivity index (χ4n) is 1.77. The van der Waals surface area contributed by atoms with Crippen LogP contribution in [0.5, 0.6) is 0 Å². The number of hydrogen-bond acceptors (Lipinski definition) is 4. The molecule has 4 heteroatoms. The quantitative estimate of drug-likeness (QED) is 0.659. The molecule has 0 aromatic heterocycles. The summed E-state index contributed by atoms with van der Waals surface area (Å²) in [5.41, 5.74) is -0.564. The molecule has 17 heavy (non-hydrogen) atoms. The highest BCUT2D eigenvalue weighted by Gasteiger charge is 2.31. The molecule has 0 rings (SSSR count). The lowest BCUT2D eigenvalue weighted by Crippen LogP contribution is -2.48. The Hall–Kier alpha value is -0.610. The molecule has 0 saturated carbocycles. The van der Waals surface area contributed by atoms with Crippen molar-refractivity contribution < 1.29 is 9.53 Å². The monoisotopic (exact) mass is 244 g/mol. The van der Waals surface area contributed by atoms with Crippen LogP contribution in [-0.2, 0) is 9.53 Å². The van der Waals surface area contributed by atoms with Crippen molar-refractivity contribution in [3.8, 4) is 0 Å². The second-order valence-electron chi connectivity index (χ2n) is 4.92. The van der Waals surface area contributed by atoms with Crippen LogP contribution < -0.4 is 5.32 Å². The molecule has 4 nitrogen and oxygen atoms in total. The van der Waals surface area contributed by atoms with Crippen molar-refractivity contribution in [1.29, 1.82) is 0 Å². The number of nitrogens with zero attached hydrogens (tertiary/aromatic N) is 1. The molecule has 102 valence electrons. The minimum Gasteiger partial charge on any atom is -0.468 e. The number of hydrogen-bond donors (Lipinski definition) is 1. The van der Waals surface area contributed by atoms with Crippen LogP contribution in [0, 0.1) is 0 Å². The SMILES string of the molecule is CCC(C)N(C)CCCC(C)(NC)C(=O)OC. The van der Waals surface area contributed by atoms with Crippen LogP contribution in [0.15, 0.2) is 0 Å². The van der Waals surface area contributed by atoms with Gasteiger partial charge in [0.2, 0.25) is 0 Å². The van der Waals surface area contributed by atoms with Crippen molar-refractivity contribution in [2.75, 3.05) is 27.7 Å². The first-order valence-electron chi connectivity index (χ1n) is 6.38. The summed E-state index contributed by atoms with van der Waals surface area (Å²) in [6.07, 6.45) is 2.92. The molecule has 0 saturated heterocycles. The van der Waals surface area contributed by atoms with Crippen LogP contribution in [0.25, 0.3) is 0 Å². The third kappa shape index (κ3) is 5.04. The number of carbonyl (C=O) groups is 1. The van der Waals surface area contributed by atoms with E-state index in [1.54, 1.807) is 7.05 Å². The normalized spacial score (nSPS) is 16.6. The topological polar surface area (TPSA) is 41.6 Å². The van der Waals surface area contributed by atoms with E-state index >= 15 is 0 Å². The van der Waals surface area contributed by atoms with Gasteiger partial charge >= 0.3 is 5.97 Å². The highest BCUT2D eigenvalue weighted by atomic mass is 16.5. The van der Waals surface area contributed by atoms with E-state index < -0.39 is 5.54 Å². The zero-order chi connectivity index (χ0) is 13.5. The molecule has 0 aromatic rings. The molecule has 0 heterocycles. The van der Waals surface area contributed by atoms with Gasteiger partial charge in [0.15, 0.2) is 0 Å². The summed E-state index contributed by atoms with van der Waals surface area (Å²) in [5.74, 6) is -0.189. The van der Waals surface area contributed by atoms with Crippen molar-refractivity contribution in [3.63, 3.8) is 0 Å². The van der Waals surface area contributed by atoms with Crippen LogP contribution in [0.2, 0.25) is 0 Å². The maximum absolute atomic E-state index is 11.6. The number of methoxy groups -OCH3 is 1. The number of nitrogens with one attached hydrogen (secondary N) is 1. The van der Waals surface area contributed by atoms with Gasteiger partial charge in [-0.3, -0.25) is 4.79 Å². The zero-order valence-corrected chi connectivity index (χ0v) is 12.2. The minimum atomic E-state index is -0.564. The first-order valence-corrected chi connectivity index (χ1v) is 6.38. The summed E-state index contributed by atoms with van der Waals surface area (Å²) in [7, 11) is 5.36. The number of carbonyl (C=O) groups excluding carboxylic acids is 1. The Bertz CT molecular complexity index is 233. The molecule has 0 spiro atoms. The van der Waals surface area contributed by atoms with Crippen LogP contribution in [0.3, 0.4) is 0 Å². The molecule has 0 aromatic carbocycles. The van der Waals surface area contributed by atoms with Gasteiger partial charge in [-0.15, -0.1) is 0 Å². The Labute approximate surface area is 106 Å². The number of likely N-dealkylation sites (N-methyl/N-ethyl adjacent to an activating group) is 1. The van der Waals surface area contributed by atoms with Crippen LogP contribution >= 0.6 is 0 Å². The van der Waals surface area contributed by atoms with Gasteiger partial charge in [0, 0.05) is 6.04 Å². The third-order valence-electron chi connectivity index (χ3n) is 3.72. The average Bonchev–Trinajstić information content (AvgIpc) is 2.35. The van der Waals surface area contributed by atoms with Gasteiger partial charge in [0.05, 0.1) is 7.11 Å².